The summed E-state index contributed by atoms with van der Waals surface area (Å²) in [5.41, 5.74) is 0.332. The second kappa shape index (κ2) is 12.7. The van der Waals surface area contributed by atoms with Crippen LogP contribution >= 0.6 is 24.0 Å². The molecule has 6 nitrogen and oxygen atoms in total. The highest BCUT2D eigenvalue weighted by Gasteiger charge is 2.34. The summed E-state index contributed by atoms with van der Waals surface area (Å²) < 4.78 is 7.73. The molecule has 2 aliphatic rings. The normalized spacial score (nSPS) is 20.4. The van der Waals surface area contributed by atoms with Crippen molar-refractivity contribution in [2.75, 3.05) is 52.5 Å². The number of rotatable bonds is 8. The third-order valence-electron chi connectivity index (χ3n) is 5.82. The Hall–Kier alpha value is -0.800. The van der Waals surface area contributed by atoms with Crippen molar-refractivity contribution in [1.82, 2.24) is 20.1 Å². The van der Waals surface area contributed by atoms with Crippen LogP contribution in [0.2, 0.25) is 0 Å². The number of nitrogens with one attached hydrogen (secondary N) is 2. The summed E-state index contributed by atoms with van der Waals surface area (Å²) in [4.78, 5) is 7.61. The Balaban J connectivity index is 0.00000280. The molecule has 1 saturated heterocycles. The molecule has 160 valence electrons. The lowest BCUT2D eigenvalue weighted by atomic mass is 9.73. The maximum absolute atomic E-state index is 5.54. The first kappa shape index (κ1) is 23.5. The maximum atomic E-state index is 5.54. The van der Waals surface area contributed by atoms with Gasteiger partial charge in [0.1, 0.15) is 0 Å². The van der Waals surface area contributed by atoms with Gasteiger partial charge >= 0.3 is 0 Å². The number of nitrogens with zero attached hydrogens (tertiary/aromatic N) is 3. The fourth-order valence-electron chi connectivity index (χ4n) is 4.31. The minimum atomic E-state index is 0. The molecule has 0 bridgehead atoms. The van der Waals surface area contributed by atoms with Gasteiger partial charge in [-0.15, -0.1) is 24.0 Å². The number of aliphatic imine (C=N–C) groups is 1. The van der Waals surface area contributed by atoms with Crippen molar-refractivity contribution in [1.29, 1.82) is 0 Å². The van der Waals surface area contributed by atoms with Crippen LogP contribution < -0.4 is 10.6 Å². The van der Waals surface area contributed by atoms with Gasteiger partial charge < -0.3 is 19.9 Å². The topological polar surface area (TPSA) is 53.8 Å². The fourth-order valence-corrected chi connectivity index (χ4v) is 4.31. The van der Waals surface area contributed by atoms with Gasteiger partial charge in [0.2, 0.25) is 0 Å². The van der Waals surface area contributed by atoms with E-state index in [0.717, 1.165) is 58.4 Å². The highest BCUT2D eigenvalue weighted by Crippen LogP contribution is 2.37. The van der Waals surface area contributed by atoms with Crippen LogP contribution in [0.25, 0.3) is 0 Å². The molecule has 0 amide bonds. The Bertz CT molecular complexity index is 551. The highest BCUT2D eigenvalue weighted by molar-refractivity contribution is 14.0. The molecule has 2 N–H and O–H groups in total. The molecule has 0 spiro atoms. The molecular formula is C21H38IN5O. The Morgan fingerprint density at radius 2 is 1.79 bits per heavy atom. The van der Waals surface area contributed by atoms with Gasteiger partial charge in [0.15, 0.2) is 5.96 Å². The van der Waals surface area contributed by atoms with Crippen LogP contribution in [0, 0.1) is 5.41 Å². The van der Waals surface area contributed by atoms with Crippen LogP contribution in [0.4, 0.5) is 0 Å². The molecule has 2 fully saturated rings. The number of halogens is 1. The minimum Gasteiger partial charge on any atom is -0.379 e. The zero-order valence-corrected chi connectivity index (χ0v) is 19.7. The third kappa shape index (κ3) is 7.55. The molecule has 0 aromatic carbocycles. The van der Waals surface area contributed by atoms with Crippen LogP contribution in [0.3, 0.4) is 0 Å². The minimum absolute atomic E-state index is 0. The van der Waals surface area contributed by atoms with Gasteiger partial charge in [0.25, 0.3) is 0 Å². The first-order valence-electron chi connectivity index (χ1n) is 10.7. The molecule has 1 aromatic heterocycles. The highest BCUT2D eigenvalue weighted by atomic mass is 127. The van der Waals surface area contributed by atoms with Gasteiger partial charge in [-0.05, 0) is 31.9 Å². The molecule has 1 saturated carbocycles. The van der Waals surface area contributed by atoms with Crippen LogP contribution in [0.15, 0.2) is 29.5 Å². The second-order valence-corrected chi connectivity index (χ2v) is 7.99. The smallest absolute Gasteiger partial charge is 0.191 e. The molecule has 0 unspecified atom stereocenters. The molecule has 0 atom stereocenters. The summed E-state index contributed by atoms with van der Waals surface area (Å²) in [6.45, 7) is 10.9. The molecule has 0 radical (unpaired) electrons. The van der Waals surface area contributed by atoms with Crippen LogP contribution in [-0.4, -0.2) is 67.9 Å². The predicted octanol–water partition coefficient (Wildman–Crippen LogP) is 2.94. The third-order valence-corrected chi connectivity index (χ3v) is 5.82. The Morgan fingerprint density at radius 1 is 1.07 bits per heavy atom. The summed E-state index contributed by atoms with van der Waals surface area (Å²) in [5, 5.41) is 6.92. The summed E-state index contributed by atoms with van der Waals surface area (Å²) in [6.07, 6.45) is 10.9. The van der Waals surface area contributed by atoms with Gasteiger partial charge in [-0.2, -0.15) is 0 Å². The number of morpholine rings is 1. The van der Waals surface area contributed by atoms with Gasteiger partial charge in [-0.25, -0.2) is 0 Å². The zero-order chi connectivity index (χ0) is 18.8. The zero-order valence-electron chi connectivity index (χ0n) is 17.4. The van der Waals surface area contributed by atoms with E-state index in [9.17, 15) is 0 Å². The number of ether oxygens (including phenoxy) is 1. The largest absolute Gasteiger partial charge is 0.379 e. The Kier molecular flexibility index (Phi) is 10.6. The SMILES string of the molecule is CCNC(=NCC1(CN2CCOCC2)CCCCC1)NCCn1cccc1.I. The van der Waals surface area contributed by atoms with Gasteiger partial charge in [-0.1, -0.05) is 19.3 Å². The van der Waals surface area contributed by atoms with E-state index in [1.807, 2.05) is 0 Å². The van der Waals surface area contributed by atoms with E-state index < -0.39 is 0 Å². The van der Waals surface area contributed by atoms with Gasteiger partial charge in [0.05, 0.1) is 13.2 Å². The first-order chi connectivity index (χ1) is 13.3. The summed E-state index contributed by atoms with van der Waals surface area (Å²) >= 11 is 0. The lowest BCUT2D eigenvalue weighted by Gasteiger charge is -2.41. The molecule has 1 aromatic rings. The quantitative estimate of drug-likeness (QED) is 0.326. The summed E-state index contributed by atoms with van der Waals surface area (Å²) in [5.74, 6) is 0.955. The number of guanidine groups is 1. The van der Waals surface area contributed by atoms with Crippen molar-refractivity contribution in [2.24, 2.45) is 10.4 Å². The number of aromatic nitrogens is 1. The number of hydrogen-bond donors (Lipinski definition) is 2. The molecule has 3 rings (SSSR count). The molecule has 2 heterocycles. The van der Waals surface area contributed by atoms with Crippen LogP contribution in [0.1, 0.15) is 39.0 Å². The van der Waals surface area contributed by atoms with Gasteiger partial charge in [-0.3, -0.25) is 9.89 Å². The Labute approximate surface area is 187 Å². The second-order valence-electron chi connectivity index (χ2n) is 7.99. The lowest BCUT2D eigenvalue weighted by Crippen LogP contribution is -2.47. The predicted molar refractivity (Wildman–Crippen MR) is 127 cm³/mol. The van der Waals surface area contributed by atoms with E-state index in [0.29, 0.717) is 5.41 Å². The summed E-state index contributed by atoms with van der Waals surface area (Å²) in [7, 11) is 0. The van der Waals surface area contributed by atoms with Crippen molar-refractivity contribution in [3.05, 3.63) is 24.5 Å². The van der Waals surface area contributed by atoms with Crippen molar-refractivity contribution in [2.45, 2.75) is 45.6 Å². The van der Waals surface area contributed by atoms with E-state index in [2.05, 4.69) is 51.6 Å². The van der Waals surface area contributed by atoms with E-state index in [4.69, 9.17) is 9.73 Å². The van der Waals surface area contributed by atoms with Crippen molar-refractivity contribution in [3.8, 4) is 0 Å². The van der Waals surface area contributed by atoms with Crippen molar-refractivity contribution in [3.63, 3.8) is 0 Å². The van der Waals surface area contributed by atoms with E-state index in [1.54, 1.807) is 0 Å². The van der Waals surface area contributed by atoms with Crippen molar-refractivity contribution >= 4 is 29.9 Å². The van der Waals surface area contributed by atoms with E-state index >= 15 is 0 Å². The standard InChI is InChI=1S/C21H37N5O.HI/c1-2-22-20(23-10-13-25-11-6-7-12-25)24-18-21(8-4-3-5-9-21)19-26-14-16-27-17-15-26;/h6-7,11-12H,2-5,8-10,13-19H2,1H3,(H2,22,23,24);1H. The molecule has 7 heteroatoms. The van der Waals surface area contributed by atoms with Gasteiger partial charge in [0, 0.05) is 63.6 Å². The Morgan fingerprint density at radius 3 is 2.46 bits per heavy atom. The molecule has 28 heavy (non-hydrogen) atoms. The lowest BCUT2D eigenvalue weighted by molar-refractivity contribution is 0.00937. The molecule has 1 aliphatic heterocycles. The van der Waals surface area contributed by atoms with E-state index in [-0.39, 0.29) is 24.0 Å². The van der Waals surface area contributed by atoms with Crippen LogP contribution in [-0.2, 0) is 11.3 Å². The van der Waals surface area contributed by atoms with Crippen LogP contribution in [0.5, 0.6) is 0 Å². The fraction of sp³-hybridized carbons (Fsp3) is 0.762. The average molecular weight is 503 g/mol. The van der Waals surface area contributed by atoms with E-state index in [1.165, 1.54) is 38.6 Å². The summed E-state index contributed by atoms with van der Waals surface area (Å²) in [6, 6.07) is 4.13. The average Bonchev–Trinajstić information content (AvgIpc) is 3.21. The molecule has 1 aliphatic carbocycles. The molecular weight excluding hydrogens is 465 g/mol. The van der Waals surface area contributed by atoms with Crippen molar-refractivity contribution < 1.29 is 4.74 Å². The monoisotopic (exact) mass is 503 g/mol. The number of hydrogen-bond acceptors (Lipinski definition) is 3. The maximum Gasteiger partial charge on any atom is 0.191 e. The first-order valence-corrected chi connectivity index (χ1v) is 10.7.